The Morgan fingerprint density at radius 3 is 2.56 bits per heavy atom. The van der Waals surface area contributed by atoms with Crippen LogP contribution < -0.4 is 5.32 Å². The van der Waals surface area contributed by atoms with E-state index in [9.17, 15) is 13.2 Å². The van der Waals surface area contributed by atoms with E-state index in [1.54, 1.807) is 30.3 Å². The predicted molar refractivity (Wildman–Crippen MR) is 99.2 cm³/mol. The molecule has 0 radical (unpaired) electrons. The van der Waals surface area contributed by atoms with E-state index < -0.39 is 10.0 Å². The van der Waals surface area contributed by atoms with Gasteiger partial charge in [-0.15, -0.1) is 12.4 Å². The predicted octanol–water partition coefficient (Wildman–Crippen LogP) is 1.33. The highest BCUT2D eigenvalue weighted by molar-refractivity contribution is 7.89. The maximum atomic E-state index is 12.8. The Balaban J connectivity index is 0.00000225. The molecule has 0 aliphatic carbocycles. The SMILES string of the molecule is CC1CN(C(=O)C2CCCN(S(=O)(=O)c3ccccc3)C2)CCN1.Cl. The van der Waals surface area contributed by atoms with E-state index in [-0.39, 0.29) is 36.8 Å². The van der Waals surface area contributed by atoms with Gasteiger partial charge < -0.3 is 10.2 Å². The summed E-state index contributed by atoms with van der Waals surface area (Å²) >= 11 is 0. The van der Waals surface area contributed by atoms with E-state index in [1.807, 2.05) is 4.90 Å². The molecule has 2 atom stereocenters. The van der Waals surface area contributed by atoms with Crippen LogP contribution in [0.2, 0.25) is 0 Å². The van der Waals surface area contributed by atoms with Crippen molar-refractivity contribution in [2.24, 2.45) is 5.92 Å². The van der Waals surface area contributed by atoms with E-state index in [4.69, 9.17) is 0 Å². The van der Waals surface area contributed by atoms with Crippen LogP contribution in [0.5, 0.6) is 0 Å². The van der Waals surface area contributed by atoms with Gasteiger partial charge in [0.2, 0.25) is 15.9 Å². The summed E-state index contributed by atoms with van der Waals surface area (Å²) in [7, 11) is -3.52. The number of carbonyl (C=O) groups excluding carboxylic acids is 1. The second kappa shape index (κ2) is 8.49. The van der Waals surface area contributed by atoms with E-state index >= 15 is 0 Å². The third kappa shape index (κ3) is 4.53. The van der Waals surface area contributed by atoms with Crippen LogP contribution in [0.1, 0.15) is 19.8 Å². The number of sulfonamides is 1. The van der Waals surface area contributed by atoms with Gasteiger partial charge in [0.15, 0.2) is 0 Å². The summed E-state index contributed by atoms with van der Waals surface area (Å²) in [5, 5.41) is 3.32. The van der Waals surface area contributed by atoms with Gasteiger partial charge in [-0.2, -0.15) is 4.31 Å². The molecule has 1 aromatic rings. The molecule has 1 amide bonds. The van der Waals surface area contributed by atoms with Crippen LogP contribution in [0.25, 0.3) is 0 Å². The largest absolute Gasteiger partial charge is 0.340 e. The number of benzene rings is 1. The lowest BCUT2D eigenvalue weighted by molar-refractivity contribution is -0.137. The molecule has 0 aromatic heterocycles. The van der Waals surface area contributed by atoms with Crippen molar-refractivity contribution < 1.29 is 13.2 Å². The van der Waals surface area contributed by atoms with Gasteiger partial charge in [-0.05, 0) is 31.9 Å². The second-order valence-electron chi connectivity index (χ2n) is 6.65. The topological polar surface area (TPSA) is 69.7 Å². The van der Waals surface area contributed by atoms with Crippen molar-refractivity contribution in [3.05, 3.63) is 30.3 Å². The lowest BCUT2D eigenvalue weighted by Gasteiger charge is -2.37. The second-order valence-corrected chi connectivity index (χ2v) is 8.59. The van der Waals surface area contributed by atoms with E-state index in [1.165, 1.54) is 4.31 Å². The van der Waals surface area contributed by atoms with Crippen LogP contribution in [0.4, 0.5) is 0 Å². The van der Waals surface area contributed by atoms with E-state index in [0.717, 1.165) is 19.4 Å². The zero-order valence-corrected chi connectivity index (χ0v) is 16.1. The minimum atomic E-state index is -3.52. The third-order valence-electron chi connectivity index (χ3n) is 4.79. The molecule has 2 saturated heterocycles. The Bertz CT molecular complexity index is 684. The number of halogens is 1. The standard InChI is InChI=1S/C17H25N3O3S.ClH/c1-14-12-19(11-9-18-14)17(21)15-6-5-10-20(13-15)24(22,23)16-7-3-2-4-8-16;/h2-4,7-8,14-15,18H,5-6,9-13H2,1H3;1H. The Hall–Kier alpha value is -1.15. The number of nitrogens with one attached hydrogen (secondary N) is 1. The average Bonchev–Trinajstić information content (AvgIpc) is 2.62. The molecular weight excluding hydrogens is 362 g/mol. The number of amides is 1. The van der Waals surface area contributed by atoms with Crippen LogP contribution in [0.3, 0.4) is 0 Å². The fourth-order valence-electron chi connectivity index (χ4n) is 3.49. The number of piperidine rings is 1. The van der Waals surface area contributed by atoms with Crippen LogP contribution in [0.15, 0.2) is 35.2 Å². The lowest BCUT2D eigenvalue weighted by atomic mass is 9.97. The maximum Gasteiger partial charge on any atom is 0.243 e. The molecule has 2 aliphatic rings. The Morgan fingerprint density at radius 1 is 1.16 bits per heavy atom. The average molecular weight is 388 g/mol. The van der Waals surface area contributed by atoms with Gasteiger partial charge in [0.1, 0.15) is 0 Å². The fraction of sp³-hybridized carbons (Fsp3) is 0.588. The van der Waals surface area contributed by atoms with Crippen LogP contribution in [-0.2, 0) is 14.8 Å². The number of hydrogen-bond acceptors (Lipinski definition) is 4. The maximum absolute atomic E-state index is 12.8. The minimum Gasteiger partial charge on any atom is -0.340 e. The number of piperazine rings is 1. The highest BCUT2D eigenvalue weighted by Crippen LogP contribution is 2.25. The highest BCUT2D eigenvalue weighted by Gasteiger charge is 2.35. The van der Waals surface area contributed by atoms with Crippen molar-refractivity contribution in [1.29, 1.82) is 0 Å². The van der Waals surface area contributed by atoms with Crippen molar-refractivity contribution in [2.75, 3.05) is 32.7 Å². The number of nitrogens with zero attached hydrogens (tertiary/aromatic N) is 2. The Labute approximate surface area is 156 Å². The first-order chi connectivity index (χ1) is 11.5. The van der Waals surface area contributed by atoms with Crippen LogP contribution in [0, 0.1) is 5.92 Å². The van der Waals surface area contributed by atoms with Crippen molar-refractivity contribution in [2.45, 2.75) is 30.7 Å². The van der Waals surface area contributed by atoms with Crippen LogP contribution >= 0.6 is 12.4 Å². The molecule has 1 aromatic carbocycles. The molecule has 0 bridgehead atoms. The highest BCUT2D eigenvalue weighted by atomic mass is 35.5. The Kier molecular flexibility index (Phi) is 6.85. The lowest BCUT2D eigenvalue weighted by Crippen LogP contribution is -2.54. The molecule has 2 heterocycles. The number of hydrogen-bond donors (Lipinski definition) is 1. The summed E-state index contributed by atoms with van der Waals surface area (Å²) < 4.78 is 27.0. The van der Waals surface area contributed by atoms with Gasteiger partial charge in [-0.1, -0.05) is 18.2 Å². The van der Waals surface area contributed by atoms with Gasteiger partial charge in [-0.25, -0.2) is 8.42 Å². The Morgan fingerprint density at radius 2 is 1.88 bits per heavy atom. The van der Waals surface area contributed by atoms with E-state index in [2.05, 4.69) is 12.2 Å². The van der Waals surface area contributed by atoms with Crippen molar-refractivity contribution in [3.8, 4) is 0 Å². The number of rotatable bonds is 3. The molecule has 2 fully saturated rings. The van der Waals surface area contributed by atoms with Crippen LogP contribution in [-0.4, -0.2) is 62.3 Å². The van der Waals surface area contributed by atoms with Gasteiger partial charge in [0, 0.05) is 38.8 Å². The zero-order chi connectivity index (χ0) is 17.2. The summed E-state index contributed by atoms with van der Waals surface area (Å²) in [5.74, 6) is -0.140. The quantitative estimate of drug-likeness (QED) is 0.849. The molecule has 0 saturated carbocycles. The smallest absolute Gasteiger partial charge is 0.243 e. The molecule has 2 aliphatic heterocycles. The van der Waals surface area contributed by atoms with Gasteiger partial charge in [-0.3, -0.25) is 4.79 Å². The third-order valence-corrected chi connectivity index (χ3v) is 6.67. The molecule has 8 heteroatoms. The summed E-state index contributed by atoms with van der Waals surface area (Å²) in [5.41, 5.74) is 0. The van der Waals surface area contributed by atoms with Gasteiger partial charge in [0.05, 0.1) is 10.8 Å². The first-order valence-electron chi connectivity index (χ1n) is 8.56. The number of carbonyl (C=O) groups is 1. The summed E-state index contributed by atoms with van der Waals surface area (Å²) in [6.45, 7) is 5.03. The first kappa shape index (κ1) is 20.2. The molecular formula is C17H26ClN3O3S. The zero-order valence-electron chi connectivity index (χ0n) is 14.4. The molecule has 0 spiro atoms. The van der Waals surface area contributed by atoms with Gasteiger partial charge in [0.25, 0.3) is 0 Å². The molecule has 2 unspecified atom stereocenters. The fourth-order valence-corrected chi connectivity index (χ4v) is 5.04. The monoisotopic (exact) mass is 387 g/mol. The molecule has 1 N–H and O–H groups in total. The van der Waals surface area contributed by atoms with E-state index in [0.29, 0.717) is 24.5 Å². The summed E-state index contributed by atoms with van der Waals surface area (Å²) in [6.07, 6.45) is 1.49. The van der Waals surface area contributed by atoms with Gasteiger partial charge >= 0.3 is 0 Å². The minimum absolute atomic E-state index is 0. The van der Waals surface area contributed by atoms with Crippen molar-refractivity contribution >= 4 is 28.3 Å². The summed E-state index contributed by atoms with van der Waals surface area (Å²) in [6, 6.07) is 8.75. The first-order valence-corrected chi connectivity index (χ1v) is 10.00. The molecule has 140 valence electrons. The van der Waals surface area contributed by atoms with Crippen molar-refractivity contribution in [3.63, 3.8) is 0 Å². The molecule has 25 heavy (non-hydrogen) atoms. The summed E-state index contributed by atoms with van der Waals surface area (Å²) in [4.78, 5) is 15.0. The molecule has 3 rings (SSSR count). The molecule has 6 nitrogen and oxygen atoms in total. The normalized spacial score (nSPS) is 25.2. The van der Waals surface area contributed by atoms with Crippen molar-refractivity contribution in [1.82, 2.24) is 14.5 Å².